The molecule has 1 fully saturated rings. The summed E-state index contributed by atoms with van der Waals surface area (Å²) in [4.78, 5) is 13.5. The third kappa shape index (κ3) is 4.07. The lowest BCUT2D eigenvalue weighted by Gasteiger charge is -2.25. The van der Waals surface area contributed by atoms with Crippen molar-refractivity contribution in [3.05, 3.63) is 0 Å². The fourth-order valence-electron chi connectivity index (χ4n) is 1.62. The molecule has 0 atom stereocenters. The lowest BCUT2D eigenvalue weighted by atomic mass is 10.2. The van der Waals surface area contributed by atoms with Gasteiger partial charge in [0, 0.05) is 26.8 Å². The lowest BCUT2D eigenvalue weighted by Crippen LogP contribution is -2.42. The Labute approximate surface area is 85.6 Å². The molecule has 1 aliphatic heterocycles. The first-order valence-electron chi connectivity index (χ1n) is 5.32. The third-order valence-corrected chi connectivity index (χ3v) is 2.44. The van der Waals surface area contributed by atoms with Gasteiger partial charge in [-0.25, -0.2) is 0 Å². The zero-order valence-corrected chi connectivity index (χ0v) is 8.92. The number of rotatable bonds is 4. The minimum Gasteiger partial charge on any atom is -0.385 e. The van der Waals surface area contributed by atoms with Crippen molar-refractivity contribution in [3.63, 3.8) is 0 Å². The molecule has 0 aromatic rings. The molecule has 1 amide bonds. The van der Waals surface area contributed by atoms with Crippen LogP contribution in [-0.4, -0.2) is 50.7 Å². The molecule has 4 heteroatoms. The topological polar surface area (TPSA) is 41.6 Å². The van der Waals surface area contributed by atoms with E-state index in [1.807, 2.05) is 4.90 Å². The summed E-state index contributed by atoms with van der Waals surface area (Å²) in [5, 5.41) is 3.13. The molecule has 0 radical (unpaired) electrons. The fraction of sp³-hybridized carbons (Fsp3) is 0.900. The molecule has 0 bridgehead atoms. The van der Waals surface area contributed by atoms with Gasteiger partial charge >= 0.3 is 0 Å². The normalized spacial score (nSPS) is 19.2. The van der Waals surface area contributed by atoms with Gasteiger partial charge in [-0.05, 0) is 25.8 Å². The Morgan fingerprint density at radius 3 is 3.14 bits per heavy atom. The molecular weight excluding hydrogens is 180 g/mol. The highest BCUT2D eigenvalue weighted by Gasteiger charge is 2.13. The van der Waals surface area contributed by atoms with Gasteiger partial charge in [0.15, 0.2) is 0 Å². The van der Waals surface area contributed by atoms with Gasteiger partial charge in [-0.3, -0.25) is 4.79 Å². The van der Waals surface area contributed by atoms with E-state index < -0.39 is 0 Å². The van der Waals surface area contributed by atoms with Gasteiger partial charge in [0.05, 0.1) is 6.54 Å². The molecule has 82 valence electrons. The van der Waals surface area contributed by atoms with Crippen LogP contribution >= 0.6 is 0 Å². The van der Waals surface area contributed by atoms with E-state index in [1.165, 1.54) is 0 Å². The standard InChI is InChI=1S/C10H20N2O2/c1-14-8-4-7-12-6-3-2-5-11-9-10(12)13/h11H,2-9H2,1H3. The molecule has 1 N–H and O–H groups in total. The Bertz CT molecular complexity index is 174. The number of hydrogen-bond acceptors (Lipinski definition) is 3. The van der Waals surface area contributed by atoms with Crippen LogP contribution in [0, 0.1) is 0 Å². The first-order chi connectivity index (χ1) is 6.84. The van der Waals surface area contributed by atoms with Crippen LogP contribution in [0.5, 0.6) is 0 Å². The molecule has 0 spiro atoms. The molecule has 0 aromatic heterocycles. The summed E-state index contributed by atoms with van der Waals surface area (Å²) >= 11 is 0. The number of ether oxygens (including phenoxy) is 1. The SMILES string of the molecule is COCCCN1CCCCNCC1=O. The third-order valence-electron chi connectivity index (χ3n) is 2.44. The maximum Gasteiger partial charge on any atom is 0.236 e. The van der Waals surface area contributed by atoms with Crippen molar-refractivity contribution in [2.75, 3.05) is 39.9 Å². The number of carbonyl (C=O) groups excluding carboxylic acids is 1. The molecule has 1 rings (SSSR count). The molecule has 1 saturated heterocycles. The highest BCUT2D eigenvalue weighted by atomic mass is 16.5. The van der Waals surface area contributed by atoms with Gasteiger partial charge in [-0.2, -0.15) is 0 Å². The number of amides is 1. The van der Waals surface area contributed by atoms with Crippen molar-refractivity contribution in [1.29, 1.82) is 0 Å². The summed E-state index contributed by atoms with van der Waals surface area (Å²) in [5.74, 6) is 0.223. The van der Waals surface area contributed by atoms with Gasteiger partial charge < -0.3 is 15.0 Å². The summed E-state index contributed by atoms with van der Waals surface area (Å²) in [6.45, 7) is 3.93. The highest BCUT2D eigenvalue weighted by molar-refractivity contribution is 5.78. The van der Waals surface area contributed by atoms with Crippen LogP contribution < -0.4 is 5.32 Å². The summed E-state index contributed by atoms with van der Waals surface area (Å²) in [5.41, 5.74) is 0. The van der Waals surface area contributed by atoms with Gasteiger partial charge in [0.25, 0.3) is 0 Å². The second-order valence-electron chi connectivity index (χ2n) is 3.61. The minimum absolute atomic E-state index is 0.223. The highest BCUT2D eigenvalue weighted by Crippen LogP contribution is 2.00. The zero-order chi connectivity index (χ0) is 10.2. The van der Waals surface area contributed by atoms with Crippen molar-refractivity contribution in [1.82, 2.24) is 10.2 Å². The van der Waals surface area contributed by atoms with Crippen LogP contribution in [0.4, 0.5) is 0 Å². The molecule has 0 aromatic carbocycles. The van der Waals surface area contributed by atoms with Crippen molar-refractivity contribution in [3.8, 4) is 0 Å². The Hall–Kier alpha value is -0.610. The lowest BCUT2D eigenvalue weighted by molar-refractivity contribution is -0.130. The first kappa shape index (κ1) is 11.5. The van der Waals surface area contributed by atoms with Crippen LogP contribution in [-0.2, 0) is 9.53 Å². The quantitative estimate of drug-likeness (QED) is 0.661. The van der Waals surface area contributed by atoms with Gasteiger partial charge in [0.1, 0.15) is 0 Å². The van der Waals surface area contributed by atoms with Crippen molar-refractivity contribution in [2.24, 2.45) is 0 Å². The van der Waals surface area contributed by atoms with Crippen LogP contribution in [0.25, 0.3) is 0 Å². The first-order valence-corrected chi connectivity index (χ1v) is 5.32. The van der Waals surface area contributed by atoms with E-state index in [0.717, 1.165) is 45.5 Å². The van der Waals surface area contributed by atoms with E-state index in [-0.39, 0.29) is 5.91 Å². The maximum atomic E-state index is 11.6. The molecule has 4 nitrogen and oxygen atoms in total. The van der Waals surface area contributed by atoms with Gasteiger partial charge in [-0.15, -0.1) is 0 Å². The van der Waals surface area contributed by atoms with E-state index in [0.29, 0.717) is 6.54 Å². The number of methoxy groups -OCH3 is 1. The van der Waals surface area contributed by atoms with Crippen molar-refractivity contribution < 1.29 is 9.53 Å². The second kappa shape index (κ2) is 6.79. The molecular formula is C10H20N2O2. The largest absolute Gasteiger partial charge is 0.385 e. The van der Waals surface area contributed by atoms with Crippen LogP contribution in [0.3, 0.4) is 0 Å². The van der Waals surface area contributed by atoms with E-state index >= 15 is 0 Å². The Kier molecular flexibility index (Phi) is 5.56. The Morgan fingerprint density at radius 2 is 2.36 bits per heavy atom. The monoisotopic (exact) mass is 200 g/mol. The number of carbonyl (C=O) groups is 1. The maximum absolute atomic E-state index is 11.6. The molecule has 14 heavy (non-hydrogen) atoms. The fourth-order valence-corrected chi connectivity index (χ4v) is 1.62. The number of nitrogens with zero attached hydrogens (tertiary/aromatic N) is 1. The van der Waals surface area contributed by atoms with Crippen LogP contribution in [0.1, 0.15) is 19.3 Å². The van der Waals surface area contributed by atoms with E-state index in [9.17, 15) is 4.79 Å². The smallest absolute Gasteiger partial charge is 0.236 e. The van der Waals surface area contributed by atoms with E-state index in [1.54, 1.807) is 7.11 Å². The summed E-state index contributed by atoms with van der Waals surface area (Å²) in [6, 6.07) is 0. The minimum atomic E-state index is 0.223. The zero-order valence-electron chi connectivity index (χ0n) is 8.92. The van der Waals surface area contributed by atoms with Crippen LogP contribution in [0.2, 0.25) is 0 Å². The number of nitrogens with one attached hydrogen (secondary N) is 1. The van der Waals surface area contributed by atoms with Gasteiger partial charge in [0.2, 0.25) is 5.91 Å². The molecule has 1 heterocycles. The second-order valence-corrected chi connectivity index (χ2v) is 3.61. The van der Waals surface area contributed by atoms with Crippen molar-refractivity contribution in [2.45, 2.75) is 19.3 Å². The molecule has 1 aliphatic rings. The average Bonchev–Trinajstić information content (AvgIpc) is 2.17. The Balaban J connectivity index is 2.26. The average molecular weight is 200 g/mol. The van der Waals surface area contributed by atoms with Crippen molar-refractivity contribution >= 4 is 5.91 Å². The van der Waals surface area contributed by atoms with E-state index in [4.69, 9.17) is 4.74 Å². The number of hydrogen-bond donors (Lipinski definition) is 1. The molecule has 0 unspecified atom stereocenters. The Morgan fingerprint density at radius 1 is 1.50 bits per heavy atom. The summed E-state index contributed by atoms with van der Waals surface area (Å²) in [7, 11) is 1.69. The van der Waals surface area contributed by atoms with E-state index in [2.05, 4.69) is 5.32 Å². The predicted molar refractivity (Wildman–Crippen MR) is 55.2 cm³/mol. The summed E-state index contributed by atoms with van der Waals surface area (Å²) in [6.07, 6.45) is 3.20. The van der Waals surface area contributed by atoms with Crippen LogP contribution in [0.15, 0.2) is 0 Å². The summed E-state index contributed by atoms with van der Waals surface area (Å²) < 4.78 is 4.97. The predicted octanol–water partition coefficient (Wildman–Crippen LogP) is 0.235. The molecule has 0 aliphatic carbocycles. The van der Waals surface area contributed by atoms with Gasteiger partial charge in [-0.1, -0.05) is 0 Å². The molecule has 0 saturated carbocycles.